The Kier molecular flexibility index (Phi) is 5.94. The third kappa shape index (κ3) is 4.55. The molecule has 0 saturated carbocycles. The molecule has 0 fully saturated rings. The molecule has 3 rings (SSSR count). The summed E-state index contributed by atoms with van der Waals surface area (Å²) in [4.78, 5) is 13.0. The Morgan fingerprint density at radius 1 is 1.07 bits per heavy atom. The first-order chi connectivity index (χ1) is 12.9. The zero-order valence-electron chi connectivity index (χ0n) is 13.9. The number of sulfone groups is 1. The van der Waals surface area contributed by atoms with Gasteiger partial charge in [0.2, 0.25) is 0 Å². The van der Waals surface area contributed by atoms with E-state index in [1.54, 1.807) is 17.5 Å². The fraction of sp³-hybridized carbons (Fsp3) is 0.105. The van der Waals surface area contributed by atoms with E-state index in [1.807, 2.05) is 0 Å². The van der Waals surface area contributed by atoms with Crippen LogP contribution in [0.5, 0.6) is 0 Å². The quantitative estimate of drug-likeness (QED) is 0.635. The van der Waals surface area contributed by atoms with Gasteiger partial charge in [0.05, 0.1) is 4.90 Å². The van der Waals surface area contributed by atoms with Crippen LogP contribution in [0.25, 0.3) is 0 Å². The van der Waals surface area contributed by atoms with E-state index in [4.69, 9.17) is 11.6 Å². The molecule has 27 heavy (non-hydrogen) atoms. The van der Waals surface area contributed by atoms with Crippen LogP contribution >= 0.6 is 22.9 Å². The molecule has 8 heteroatoms. The van der Waals surface area contributed by atoms with E-state index in [-0.39, 0.29) is 17.0 Å². The molecular formula is C19H15ClFNO3S2. The lowest BCUT2D eigenvalue weighted by Gasteiger charge is -2.17. The Bertz CT molecular complexity index is 1020. The second-order valence-corrected chi connectivity index (χ2v) is 9.27. The maximum atomic E-state index is 13.1. The number of hydrogen-bond acceptors (Lipinski definition) is 4. The van der Waals surface area contributed by atoms with Crippen molar-refractivity contribution in [3.63, 3.8) is 0 Å². The van der Waals surface area contributed by atoms with Crippen molar-refractivity contribution in [1.82, 2.24) is 5.32 Å². The number of rotatable bonds is 6. The highest BCUT2D eigenvalue weighted by Crippen LogP contribution is 2.32. The van der Waals surface area contributed by atoms with Gasteiger partial charge in [0.1, 0.15) is 11.1 Å². The smallest absolute Gasteiger partial charge is 0.251 e. The highest BCUT2D eigenvalue weighted by atomic mass is 35.5. The molecule has 0 bridgehead atoms. The van der Waals surface area contributed by atoms with Crippen LogP contribution in [0.1, 0.15) is 20.5 Å². The minimum absolute atomic E-state index is 0.109. The van der Waals surface area contributed by atoms with Crippen molar-refractivity contribution in [2.45, 2.75) is 10.1 Å². The van der Waals surface area contributed by atoms with Crippen LogP contribution in [0, 0.1) is 5.82 Å². The van der Waals surface area contributed by atoms with Crippen LogP contribution < -0.4 is 5.32 Å². The van der Waals surface area contributed by atoms with E-state index in [9.17, 15) is 17.6 Å². The summed E-state index contributed by atoms with van der Waals surface area (Å²) in [7, 11) is -3.75. The van der Waals surface area contributed by atoms with Crippen LogP contribution in [0.2, 0.25) is 5.02 Å². The molecule has 0 saturated heterocycles. The summed E-state index contributed by atoms with van der Waals surface area (Å²) >= 11 is 7.15. The zero-order chi connectivity index (χ0) is 19.4. The van der Waals surface area contributed by atoms with Gasteiger partial charge in [-0.3, -0.25) is 4.79 Å². The maximum Gasteiger partial charge on any atom is 0.251 e. The van der Waals surface area contributed by atoms with Gasteiger partial charge in [-0.2, -0.15) is 0 Å². The Labute approximate surface area is 165 Å². The van der Waals surface area contributed by atoms with Gasteiger partial charge < -0.3 is 5.32 Å². The molecule has 1 unspecified atom stereocenters. The molecule has 0 aliphatic rings. The highest BCUT2D eigenvalue weighted by Gasteiger charge is 2.30. The van der Waals surface area contributed by atoms with Gasteiger partial charge in [-0.05, 0) is 60.0 Å². The first-order valence-electron chi connectivity index (χ1n) is 7.94. The van der Waals surface area contributed by atoms with Gasteiger partial charge in [-0.1, -0.05) is 17.7 Å². The lowest BCUT2D eigenvalue weighted by atomic mass is 10.2. The summed E-state index contributed by atoms with van der Waals surface area (Å²) in [6, 6.07) is 14.4. The number of nitrogens with one attached hydrogen (secondary N) is 1. The molecule has 140 valence electrons. The molecule has 1 N–H and O–H groups in total. The SMILES string of the molecule is O=C(NCC(c1cccs1)S(=O)(=O)c1ccc(Cl)cc1)c1ccc(F)cc1. The third-order valence-corrected chi connectivity index (χ3v) is 7.42. The number of thiophene rings is 1. The van der Waals surface area contributed by atoms with Crippen LogP contribution in [-0.4, -0.2) is 20.9 Å². The second kappa shape index (κ2) is 8.21. The molecule has 1 atom stereocenters. The molecule has 0 spiro atoms. The Hall–Kier alpha value is -2.22. The van der Waals surface area contributed by atoms with Crippen molar-refractivity contribution in [2.75, 3.05) is 6.54 Å². The highest BCUT2D eigenvalue weighted by molar-refractivity contribution is 7.91. The number of carbonyl (C=O) groups excluding carboxylic acids is 1. The molecule has 0 aliphatic heterocycles. The van der Waals surface area contributed by atoms with Crippen LogP contribution in [0.4, 0.5) is 4.39 Å². The van der Waals surface area contributed by atoms with Gasteiger partial charge in [-0.15, -0.1) is 11.3 Å². The monoisotopic (exact) mass is 423 g/mol. The predicted molar refractivity (Wildman–Crippen MR) is 104 cm³/mol. The summed E-state index contributed by atoms with van der Waals surface area (Å²) < 4.78 is 39.2. The van der Waals surface area contributed by atoms with Gasteiger partial charge in [0.15, 0.2) is 9.84 Å². The van der Waals surface area contributed by atoms with Gasteiger partial charge in [0.25, 0.3) is 5.91 Å². The molecule has 4 nitrogen and oxygen atoms in total. The Morgan fingerprint density at radius 3 is 2.33 bits per heavy atom. The first kappa shape index (κ1) is 19.5. The second-order valence-electron chi connectivity index (χ2n) is 5.72. The predicted octanol–water partition coefficient (Wildman–Crippen LogP) is 4.49. The standard InChI is InChI=1S/C19H15ClFNO3S2/c20-14-5-9-16(10-6-14)27(24,25)18(17-2-1-11-26-17)12-22-19(23)13-3-7-15(21)8-4-13/h1-11,18H,12H2,(H,22,23). The van der Waals surface area contributed by atoms with E-state index >= 15 is 0 Å². The van der Waals surface area contributed by atoms with E-state index in [2.05, 4.69) is 5.32 Å². The van der Waals surface area contributed by atoms with Crippen molar-refractivity contribution in [3.8, 4) is 0 Å². The molecule has 3 aromatic rings. The van der Waals surface area contributed by atoms with E-state index in [1.165, 1.54) is 59.9 Å². The van der Waals surface area contributed by atoms with E-state index in [0.717, 1.165) is 0 Å². The average Bonchev–Trinajstić information content (AvgIpc) is 3.16. The minimum atomic E-state index is -3.75. The van der Waals surface area contributed by atoms with Crippen molar-refractivity contribution in [3.05, 3.63) is 87.3 Å². The minimum Gasteiger partial charge on any atom is -0.350 e. The number of benzene rings is 2. The van der Waals surface area contributed by atoms with E-state index < -0.39 is 26.8 Å². The number of hydrogen-bond donors (Lipinski definition) is 1. The Morgan fingerprint density at radius 2 is 1.74 bits per heavy atom. The molecule has 1 aromatic heterocycles. The summed E-state index contributed by atoms with van der Waals surface area (Å²) in [5.74, 6) is -0.920. The summed E-state index contributed by atoms with van der Waals surface area (Å²) in [5, 5.41) is 3.91. The van der Waals surface area contributed by atoms with Crippen LogP contribution in [0.15, 0.2) is 70.9 Å². The van der Waals surface area contributed by atoms with Crippen molar-refractivity contribution in [2.24, 2.45) is 0 Å². The van der Waals surface area contributed by atoms with Gasteiger partial charge >= 0.3 is 0 Å². The number of amides is 1. The number of halogens is 2. The fourth-order valence-electron chi connectivity index (χ4n) is 2.51. The number of carbonyl (C=O) groups is 1. The lowest BCUT2D eigenvalue weighted by Crippen LogP contribution is -2.31. The summed E-state index contributed by atoms with van der Waals surface area (Å²) in [6.45, 7) is -0.109. The maximum absolute atomic E-state index is 13.1. The third-order valence-electron chi connectivity index (χ3n) is 3.93. The molecule has 0 radical (unpaired) electrons. The Balaban J connectivity index is 1.85. The molecule has 1 heterocycles. The average molecular weight is 424 g/mol. The molecule has 2 aromatic carbocycles. The fourth-order valence-corrected chi connectivity index (χ4v) is 5.43. The van der Waals surface area contributed by atoms with Crippen LogP contribution in [0.3, 0.4) is 0 Å². The van der Waals surface area contributed by atoms with Gasteiger partial charge in [-0.25, -0.2) is 12.8 Å². The van der Waals surface area contributed by atoms with E-state index in [0.29, 0.717) is 9.90 Å². The van der Waals surface area contributed by atoms with Gasteiger partial charge in [0, 0.05) is 22.0 Å². The zero-order valence-corrected chi connectivity index (χ0v) is 16.3. The molecular weight excluding hydrogens is 409 g/mol. The summed E-state index contributed by atoms with van der Waals surface area (Å²) in [5.41, 5.74) is 0.255. The molecule has 0 aliphatic carbocycles. The van der Waals surface area contributed by atoms with Crippen molar-refractivity contribution >= 4 is 38.7 Å². The first-order valence-corrected chi connectivity index (χ1v) is 10.7. The largest absolute Gasteiger partial charge is 0.350 e. The van der Waals surface area contributed by atoms with Crippen molar-refractivity contribution in [1.29, 1.82) is 0 Å². The van der Waals surface area contributed by atoms with Crippen molar-refractivity contribution < 1.29 is 17.6 Å². The normalized spacial score (nSPS) is 12.5. The molecule has 1 amide bonds. The van der Waals surface area contributed by atoms with Crippen LogP contribution in [-0.2, 0) is 9.84 Å². The topological polar surface area (TPSA) is 63.2 Å². The summed E-state index contributed by atoms with van der Waals surface area (Å²) in [6.07, 6.45) is 0. The lowest BCUT2D eigenvalue weighted by molar-refractivity contribution is 0.0953.